The Bertz CT molecular complexity index is 385. The Kier molecular flexibility index (Phi) is 2.83. The predicted molar refractivity (Wildman–Crippen MR) is 69.5 cm³/mol. The summed E-state index contributed by atoms with van der Waals surface area (Å²) in [5.41, 5.74) is 4.89. The SMILES string of the molecule is CC(C)N1Cc2cccc(C(C)(C)C)c2C1. The number of nitrogens with zero attached hydrogens (tertiary/aromatic N) is 1. The Morgan fingerprint density at radius 2 is 1.81 bits per heavy atom. The molecule has 0 aromatic heterocycles. The first kappa shape index (κ1) is 11.7. The molecular weight excluding hydrogens is 194 g/mol. The van der Waals surface area contributed by atoms with Gasteiger partial charge in [0.1, 0.15) is 0 Å². The van der Waals surface area contributed by atoms with E-state index in [1.165, 1.54) is 11.1 Å². The fourth-order valence-corrected chi connectivity index (χ4v) is 2.52. The van der Waals surface area contributed by atoms with E-state index in [0.717, 1.165) is 13.1 Å². The quantitative estimate of drug-likeness (QED) is 0.693. The molecule has 0 bridgehead atoms. The molecule has 2 rings (SSSR count). The third-order valence-electron chi connectivity index (χ3n) is 3.55. The summed E-state index contributed by atoms with van der Waals surface area (Å²) in [6, 6.07) is 7.43. The van der Waals surface area contributed by atoms with Crippen molar-refractivity contribution in [2.45, 2.75) is 59.2 Å². The fourth-order valence-electron chi connectivity index (χ4n) is 2.52. The minimum Gasteiger partial charge on any atom is -0.292 e. The fraction of sp³-hybridized carbons (Fsp3) is 0.600. The van der Waals surface area contributed by atoms with Gasteiger partial charge in [-0.1, -0.05) is 39.0 Å². The summed E-state index contributed by atoms with van der Waals surface area (Å²) in [6.45, 7) is 13.7. The van der Waals surface area contributed by atoms with E-state index in [-0.39, 0.29) is 5.41 Å². The molecule has 16 heavy (non-hydrogen) atoms. The van der Waals surface area contributed by atoms with Crippen LogP contribution in [0.25, 0.3) is 0 Å². The summed E-state index contributed by atoms with van der Waals surface area (Å²) in [5.74, 6) is 0. The van der Waals surface area contributed by atoms with Gasteiger partial charge in [-0.05, 0) is 36.0 Å². The van der Waals surface area contributed by atoms with E-state index in [2.05, 4.69) is 57.7 Å². The summed E-state index contributed by atoms with van der Waals surface area (Å²) >= 11 is 0. The van der Waals surface area contributed by atoms with E-state index in [0.29, 0.717) is 6.04 Å². The van der Waals surface area contributed by atoms with Gasteiger partial charge in [0.2, 0.25) is 0 Å². The molecule has 1 aliphatic heterocycles. The zero-order valence-electron chi connectivity index (χ0n) is 11.2. The van der Waals surface area contributed by atoms with Crippen LogP contribution in [0.2, 0.25) is 0 Å². The zero-order chi connectivity index (χ0) is 11.9. The van der Waals surface area contributed by atoms with Gasteiger partial charge in [-0.15, -0.1) is 0 Å². The Morgan fingerprint density at radius 3 is 2.38 bits per heavy atom. The average Bonchev–Trinajstić information content (AvgIpc) is 2.58. The molecule has 1 aromatic carbocycles. The van der Waals surface area contributed by atoms with Crippen LogP contribution >= 0.6 is 0 Å². The predicted octanol–water partition coefficient (Wildman–Crippen LogP) is 3.71. The van der Waals surface area contributed by atoms with Gasteiger partial charge >= 0.3 is 0 Å². The molecule has 88 valence electrons. The standard InChI is InChI=1S/C15H23N/c1-11(2)16-9-12-7-6-8-14(13(12)10-16)15(3,4)5/h6-8,11H,9-10H2,1-5H3. The Hall–Kier alpha value is -0.820. The maximum atomic E-state index is 2.54. The number of benzene rings is 1. The Morgan fingerprint density at radius 1 is 1.12 bits per heavy atom. The normalized spacial score (nSPS) is 16.9. The molecule has 1 heteroatoms. The van der Waals surface area contributed by atoms with E-state index in [4.69, 9.17) is 0 Å². The lowest BCUT2D eigenvalue weighted by Crippen LogP contribution is -2.25. The van der Waals surface area contributed by atoms with Crippen molar-refractivity contribution in [2.24, 2.45) is 0 Å². The number of hydrogen-bond acceptors (Lipinski definition) is 1. The molecule has 0 atom stereocenters. The number of hydrogen-bond donors (Lipinski definition) is 0. The Labute approximate surface area is 99.5 Å². The van der Waals surface area contributed by atoms with Gasteiger partial charge in [0.05, 0.1) is 0 Å². The average molecular weight is 217 g/mol. The maximum Gasteiger partial charge on any atom is 0.0246 e. The largest absolute Gasteiger partial charge is 0.292 e. The smallest absolute Gasteiger partial charge is 0.0246 e. The van der Waals surface area contributed by atoms with Crippen LogP contribution in [0.5, 0.6) is 0 Å². The van der Waals surface area contributed by atoms with Crippen molar-refractivity contribution >= 4 is 0 Å². The first-order valence-electron chi connectivity index (χ1n) is 6.25. The van der Waals surface area contributed by atoms with Crippen LogP contribution in [-0.2, 0) is 18.5 Å². The van der Waals surface area contributed by atoms with Gasteiger partial charge in [0.15, 0.2) is 0 Å². The highest BCUT2D eigenvalue weighted by atomic mass is 15.2. The van der Waals surface area contributed by atoms with Crippen molar-refractivity contribution in [3.63, 3.8) is 0 Å². The van der Waals surface area contributed by atoms with E-state index in [1.54, 1.807) is 5.56 Å². The van der Waals surface area contributed by atoms with Gasteiger partial charge in [0.25, 0.3) is 0 Å². The third kappa shape index (κ3) is 2.01. The van der Waals surface area contributed by atoms with Crippen molar-refractivity contribution < 1.29 is 0 Å². The maximum absolute atomic E-state index is 2.54. The van der Waals surface area contributed by atoms with Crippen LogP contribution in [0.4, 0.5) is 0 Å². The molecular formula is C15H23N. The number of rotatable bonds is 1. The lowest BCUT2D eigenvalue weighted by atomic mass is 9.83. The molecule has 0 aliphatic carbocycles. The molecule has 1 nitrogen and oxygen atoms in total. The van der Waals surface area contributed by atoms with Crippen molar-refractivity contribution in [3.05, 3.63) is 34.9 Å². The van der Waals surface area contributed by atoms with Gasteiger partial charge in [-0.25, -0.2) is 0 Å². The highest BCUT2D eigenvalue weighted by Gasteiger charge is 2.27. The van der Waals surface area contributed by atoms with E-state index >= 15 is 0 Å². The second kappa shape index (κ2) is 3.89. The second-order valence-corrected chi connectivity index (χ2v) is 6.19. The lowest BCUT2D eigenvalue weighted by Gasteiger charge is -2.23. The van der Waals surface area contributed by atoms with Crippen LogP contribution in [0, 0.1) is 0 Å². The molecule has 1 heterocycles. The topological polar surface area (TPSA) is 3.24 Å². The second-order valence-electron chi connectivity index (χ2n) is 6.19. The Balaban J connectivity index is 2.39. The van der Waals surface area contributed by atoms with Crippen molar-refractivity contribution in [1.29, 1.82) is 0 Å². The summed E-state index contributed by atoms with van der Waals surface area (Å²) < 4.78 is 0. The van der Waals surface area contributed by atoms with E-state index in [1.807, 2.05) is 0 Å². The molecule has 0 radical (unpaired) electrons. The molecule has 0 amide bonds. The zero-order valence-corrected chi connectivity index (χ0v) is 11.2. The van der Waals surface area contributed by atoms with Crippen LogP contribution in [-0.4, -0.2) is 10.9 Å². The monoisotopic (exact) mass is 217 g/mol. The molecule has 0 N–H and O–H groups in total. The molecule has 0 saturated heterocycles. The molecule has 0 spiro atoms. The number of fused-ring (bicyclic) bond motifs is 1. The molecule has 0 fully saturated rings. The third-order valence-corrected chi connectivity index (χ3v) is 3.55. The van der Waals surface area contributed by atoms with E-state index in [9.17, 15) is 0 Å². The molecule has 0 unspecified atom stereocenters. The van der Waals surface area contributed by atoms with E-state index < -0.39 is 0 Å². The highest BCUT2D eigenvalue weighted by molar-refractivity contribution is 5.41. The van der Waals surface area contributed by atoms with Gasteiger partial charge in [-0.3, -0.25) is 4.90 Å². The van der Waals surface area contributed by atoms with Crippen LogP contribution in [0.3, 0.4) is 0 Å². The van der Waals surface area contributed by atoms with Gasteiger partial charge in [0, 0.05) is 19.1 Å². The summed E-state index contributed by atoms with van der Waals surface area (Å²) in [5, 5.41) is 0. The first-order valence-corrected chi connectivity index (χ1v) is 6.25. The minimum atomic E-state index is 0.262. The minimum absolute atomic E-state index is 0.262. The molecule has 0 saturated carbocycles. The van der Waals surface area contributed by atoms with Crippen LogP contribution in [0.15, 0.2) is 18.2 Å². The molecule has 1 aliphatic rings. The molecule has 1 aromatic rings. The van der Waals surface area contributed by atoms with Crippen molar-refractivity contribution in [3.8, 4) is 0 Å². The van der Waals surface area contributed by atoms with Gasteiger partial charge in [-0.2, -0.15) is 0 Å². The van der Waals surface area contributed by atoms with Crippen molar-refractivity contribution in [1.82, 2.24) is 4.90 Å². The van der Waals surface area contributed by atoms with Crippen LogP contribution in [0.1, 0.15) is 51.3 Å². The van der Waals surface area contributed by atoms with Gasteiger partial charge < -0.3 is 0 Å². The summed E-state index contributed by atoms with van der Waals surface area (Å²) in [4.78, 5) is 2.54. The summed E-state index contributed by atoms with van der Waals surface area (Å²) in [7, 11) is 0. The van der Waals surface area contributed by atoms with Crippen molar-refractivity contribution in [2.75, 3.05) is 0 Å². The highest BCUT2D eigenvalue weighted by Crippen LogP contribution is 2.33. The van der Waals surface area contributed by atoms with Crippen LogP contribution < -0.4 is 0 Å². The summed E-state index contributed by atoms with van der Waals surface area (Å²) in [6.07, 6.45) is 0. The lowest BCUT2D eigenvalue weighted by molar-refractivity contribution is 0.226. The first-order chi connectivity index (χ1) is 7.39.